The summed E-state index contributed by atoms with van der Waals surface area (Å²) in [5, 5.41) is 11.8. The maximum atomic E-state index is 12.3. The van der Waals surface area contributed by atoms with Gasteiger partial charge in [-0.1, -0.05) is 23.7 Å². The number of esters is 1. The molecule has 0 aliphatic heterocycles. The molecule has 0 fully saturated rings. The number of ether oxygens (including phenoxy) is 1. The molecule has 1 aromatic heterocycles. The van der Waals surface area contributed by atoms with E-state index < -0.39 is 16.5 Å². The molecule has 2 aromatic carbocycles. The predicted molar refractivity (Wildman–Crippen MR) is 94.3 cm³/mol. The topological polar surface area (TPSA) is 115 Å². The summed E-state index contributed by atoms with van der Waals surface area (Å²) in [6.07, 6.45) is 0. The summed E-state index contributed by atoms with van der Waals surface area (Å²) in [5.41, 5.74) is -0.0904. The van der Waals surface area contributed by atoms with E-state index >= 15 is 0 Å². The fourth-order valence-electron chi connectivity index (χ4n) is 2.50. The van der Waals surface area contributed by atoms with Crippen molar-refractivity contribution in [2.45, 2.75) is 13.5 Å². The van der Waals surface area contributed by atoms with Crippen molar-refractivity contribution in [2.75, 3.05) is 0 Å². The summed E-state index contributed by atoms with van der Waals surface area (Å²) in [5.74, 6) is -0.747. The van der Waals surface area contributed by atoms with Gasteiger partial charge in [-0.05, 0) is 30.7 Å². The Kier molecular flexibility index (Phi) is 4.68. The Labute approximate surface area is 151 Å². The summed E-state index contributed by atoms with van der Waals surface area (Å²) < 4.78 is 5.11. The van der Waals surface area contributed by atoms with Crippen LogP contribution in [0.25, 0.3) is 10.9 Å². The van der Waals surface area contributed by atoms with Crippen molar-refractivity contribution in [3.63, 3.8) is 0 Å². The number of aromatic amines is 1. The summed E-state index contributed by atoms with van der Waals surface area (Å²) in [7, 11) is 0. The highest BCUT2D eigenvalue weighted by Gasteiger charge is 2.23. The fourth-order valence-corrected chi connectivity index (χ4v) is 2.68. The molecule has 0 saturated carbocycles. The number of aryl methyl sites for hydroxylation is 1. The highest BCUT2D eigenvalue weighted by atomic mass is 35.5. The quantitative estimate of drug-likeness (QED) is 0.426. The molecule has 0 unspecified atom stereocenters. The van der Waals surface area contributed by atoms with Gasteiger partial charge in [-0.15, -0.1) is 0 Å². The highest BCUT2D eigenvalue weighted by molar-refractivity contribution is 6.31. The summed E-state index contributed by atoms with van der Waals surface area (Å²) in [6.45, 7) is 1.24. The van der Waals surface area contributed by atoms with Crippen LogP contribution in [0.15, 0.2) is 41.2 Å². The minimum absolute atomic E-state index is 0.120. The van der Waals surface area contributed by atoms with E-state index in [4.69, 9.17) is 16.3 Å². The number of halogens is 1. The summed E-state index contributed by atoms with van der Waals surface area (Å²) >= 11 is 5.85. The minimum atomic E-state index is -0.867. The number of aromatic nitrogens is 2. The normalized spacial score (nSPS) is 10.7. The fraction of sp³-hybridized carbons (Fsp3) is 0.118. The second kappa shape index (κ2) is 6.93. The Morgan fingerprint density at radius 3 is 2.85 bits per heavy atom. The molecule has 0 bridgehead atoms. The van der Waals surface area contributed by atoms with Gasteiger partial charge in [0.2, 0.25) is 0 Å². The molecule has 0 saturated heterocycles. The molecule has 9 heteroatoms. The molecule has 1 N–H and O–H groups in total. The number of nitro benzene ring substituents is 1. The minimum Gasteiger partial charge on any atom is -0.454 e. The van der Waals surface area contributed by atoms with Crippen molar-refractivity contribution < 1.29 is 14.5 Å². The smallest absolute Gasteiger partial charge is 0.345 e. The van der Waals surface area contributed by atoms with Gasteiger partial charge in [-0.25, -0.2) is 9.78 Å². The van der Waals surface area contributed by atoms with Crippen LogP contribution >= 0.6 is 11.6 Å². The number of nitro groups is 1. The maximum absolute atomic E-state index is 12.3. The van der Waals surface area contributed by atoms with E-state index in [1.54, 1.807) is 25.1 Å². The molecule has 132 valence electrons. The van der Waals surface area contributed by atoms with E-state index in [1.807, 2.05) is 0 Å². The molecule has 0 aliphatic rings. The van der Waals surface area contributed by atoms with Crippen LogP contribution in [-0.4, -0.2) is 20.9 Å². The molecular formula is C17H12ClN3O5. The molecule has 26 heavy (non-hydrogen) atoms. The molecule has 8 nitrogen and oxygen atoms in total. The number of benzene rings is 2. The molecular weight excluding hydrogens is 362 g/mol. The zero-order chi connectivity index (χ0) is 18.8. The van der Waals surface area contributed by atoms with Gasteiger partial charge >= 0.3 is 5.97 Å². The van der Waals surface area contributed by atoms with Gasteiger partial charge < -0.3 is 9.72 Å². The molecule has 0 spiro atoms. The molecule has 3 aromatic rings. The summed E-state index contributed by atoms with van der Waals surface area (Å²) in [6, 6.07) is 8.92. The van der Waals surface area contributed by atoms with Crippen molar-refractivity contribution in [2.24, 2.45) is 0 Å². The Morgan fingerprint density at radius 2 is 2.12 bits per heavy atom. The van der Waals surface area contributed by atoms with E-state index in [-0.39, 0.29) is 23.7 Å². The third-order valence-electron chi connectivity index (χ3n) is 3.71. The number of nitrogens with zero attached hydrogens (tertiary/aromatic N) is 2. The van der Waals surface area contributed by atoms with Gasteiger partial charge in [0.05, 0.1) is 15.8 Å². The Morgan fingerprint density at radius 1 is 1.35 bits per heavy atom. The van der Waals surface area contributed by atoms with Crippen molar-refractivity contribution in [3.05, 3.63) is 78.8 Å². The van der Waals surface area contributed by atoms with Crippen molar-refractivity contribution in [1.29, 1.82) is 0 Å². The summed E-state index contributed by atoms with van der Waals surface area (Å²) in [4.78, 5) is 41.5. The van der Waals surface area contributed by atoms with Crippen molar-refractivity contribution >= 4 is 34.2 Å². The Hall–Kier alpha value is -3.26. The molecule has 1 heterocycles. The second-order valence-electron chi connectivity index (χ2n) is 5.48. The monoisotopic (exact) mass is 373 g/mol. The van der Waals surface area contributed by atoms with Crippen molar-refractivity contribution in [1.82, 2.24) is 9.97 Å². The average molecular weight is 374 g/mol. The third-order valence-corrected chi connectivity index (χ3v) is 3.94. The van der Waals surface area contributed by atoms with Gasteiger partial charge in [0.25, 0.3) is 11.2 Å². The van der Waals surface area contributed by atoms with Gasteiger partial charge in [-0.3, -0.25) is 14.9 Å². The van der Waals surface area contributed by atoms with E-state index in [0.717, 1.165) is 0 Å². The number of carbonyl (C=O) groups excluding carboxylic acids is 1. The van der Waals surface area contributed by atoms with Crippen LogP contribution in [0.5, 0.6) is 0 Å². The molecule has 3 rings (SSSR count). The first kappa shape index (κ1) is 17.6. The van der Waals surface area contributed by atoms with Gasteiger partial charge in [0.15, 0.2) is 0 Å². The number of rotatable bonds is 4. The van der Waals surface area contributed by atoms with Crippen LogP contribution < -0.4 is 5.56 Å². The number of H-pyrrole nitrogens is 1. The molecule has 0 radical (unpaired) electrons. The Balaban J connectivity index is 1.87. The lowest BCUT2D eigenvalue weighted by molar-refractivity contribution is -0.385. The van der Waals surface area contributed by atoms with E-state index in [1.165, 1.54) is 18.2 Å². The van der Waals surface area contributed by atoms with Crippen LogP contribution in [0.3, 0.4) is 0 Å². The lowest BCUT2D eigenvalue weighted by Crippen LogP contribution is -2.15. The molecule has 0 aliphatic carbocycles. The van der Waals surface area contributed by atoms with Crippen molar-refractivity contribution in [3.8, 4) is 0 Å². The van der Waals surface area contributed by atoms with Crippen LogP contribution in [0.2, 0.25) is 5.02 Å². The van der Waals surface area contributed by atoms with E-state index in [9.17, 15) is 19.7 Å². The number of hydrogen-bond donors (Lipinski definition) is 1. The van der Waals surface area contributed by atoms with Gasteiger partial charge in [0, 0.05) is 11.1 Å². The first-order valence-electron chi connectivity index (χ1n) is 7.46. The standard InChI is InChI=1S/C17H12ClN3O5/c1-9-3-2-4-13(21(24)25)15(9)17(23)26-8-14-19-12-6-5-10(18)7-11(12)16(22)20-14/h2-7H,8H2,1H3,(H,19,20,22). The highest BCUT2D eigenvalue weighted by Crippen LogP contribution is 2.23. The maximum Gasteiger partial charge on any atom is 0.345 e. The largest absolute Gasteiger partial charge is 0.454 e. The van der Waals surface area contributed by atoms with Crippen LogP contribution in [0.4, 0.5) is 5.69 Å². The lowest BCUT2D eigenvalue weighted by Gasteiger charge is -2.08. The Bertz CT molecular complexity index is 1090. The van der Waals surface area contributed by atoms with E-state index in [2.05, 4.69) is 9.97 Å². The number of hydrogen-bond acceptors (Lipinski definition) is 6. The predicted octanol–water partition coefficient (Wildman–Crippen LogP) is 3.15. The van der Waals surface area contributed by atoms with Gasteiger partial charge in [0.1, 0.15) is 18.0 Å². The molecule has 0 amide bonds. The zero-order valence-corrected chi connectivity index (χ0v) is 14.2. The number of carbonyl (C=O) groups is 1. The molecule has 0 atom stereocenters. The first-order chi connectivity index (χ1) is 12.4. The zero-order valence-electron chi connectivity index (χ0n) is 13.5. The number of fused-ring (bicyclic) bond motifs is 1. The number of nitrogens with one attached hydrogen (secondary N) is 1. The van der Waals surface area contributed by atoms with Gasteiger partial charge in [-0.2, -0.15) is 0 Å². The lowest BCUT2D eigenvalue weighted by atomic mass is 10.1. The van der Waals surface area contributed by atoms with Crippen LogP contribution in [-0.2, 0) is 11.3 Å². The van der Waals surface area contributed by atoms with E-state index in [0.29, 0.717) is 21.5 Å². The SMILES string of the molecule is Cc1cccc([N+](=O)[O-])c1C(=O)OCc1nc2ccc(Cl)cc2c(=O)[nH]1. The van der Waals surface area contributed by atoms with Crippen LogP contribution in [0, 0.1) is 17.0 Å². The second-order valence-corrected chi connectivity index (χ2v) is 5.91. The third kappa shape index (κ3) is 3.40. The average Bonchev–Trinajstić information content (AvgIpc) is 2.60. The first-order valence-corrected chi connectivity index (χ1v) is 7.84. The van der Waals surface area contributed by atoms with Crippen LogP contribution in [0.1, 0.15) is 21.7 Å².